The second-order valence-electron chi connectivity index (χ2n) is 7.04. The molecule has 1 aromatic heterocycles. The molecule has 0 radical (unpaired) electrons. The third kappa shape index (κ3) is 2.91. The molecule has 3 heterocycles. The maximum absolute atomic E-state index is 13.1. The fourth-order valence-electron chi connectivity index (χ4n) is 4.63. The van der Waals surface area contributed by atoms with E-state index in [1.165, 1.54) is 19.4 Å². The lowest BCUT2D eigenvalue weighted by molar-refractivity contribution is -0.134. The zero-order valence-electron chi connectivity index (χ0n) is 14.8. The highest BCUT2D eigenvalue weighted by atomic mass is 16.5. The molecule has 1 aromatic rings. The smallest absolute Gasteiger partial charge is 0.230 e. The number of carbonyl (C=O) groups is 1. The van der Waals surface area contributed by atoms with Crippen LogP contribution in [-0.2, 0) is 4.79 Å². The van der Waals surface area contributed by atoms with Crippen molar-refractivity contribution in [2.75, 3.05) is 19.6 Å². The first-order valence-corrected chi connectivity index (χ1v) is 9.01. The van der Waals surface area contributed by atoms with Gasteiger partial charge in [-0.2, -0.15) is 0 Å². The molecule has 2 saturated heterocycles. The fourth-order valence-corrected chi connectivity index (χ4v) is 4.63. The summed E-state index contributed by atoms with van der Waals surface area (Å²) in [4.78, 5) is 17.8. The van der Waals surface area contributed by atoms with Crippen LogP contribution < -0.4 is 0 Å². The maximum Gasteiger partial charge on any atom is 0.230 e. The van der Waals surface area contributed by atoms with Gasteiger partial charge in [0.05, 0.1) is 11.6 Å². The quantitative estimate of drug-likeness (QED) is 0.856. The number of nitrogens with zero attached hydrogens (tertiary/aromatic N) is 3. The Labute approximate surface area is 139 Å². The van der Waals surface area contributed by atoms with E-state index >= 15 is 0 Å². The second kappa shape index (κ2) is 6.63. The Morgan fingerprint density at radius 1 is 1.26 bits per heavy atom. The number of aromatic nitrogens is 1. The molecule has 2 fully saturated rings. The number of carbonyl (C=O) groups excluding carboxylic acids is 1. The molecular weight excluding hydrogens is 290 g/mol. The minimum absolute atomic E-state index is 0.168. The van der Waals surface area contributed by atoms with Crippen molar-refractivity contribution in [2.45, 2.75) is 71.4 Å². The summed E-state index contributed by atoms with van der Waals surface area (Å²) in [5.74, 6) is 0.846. The van der Waals surface area contributed by atoms with Crippen LogP contribution in [-0.4, -0.2) is 52.6 Å². The van der Waals surface area contributed by atoms with E-state index in [2.05, 4.69) is 21.9 Å². The summed E-state index contributed by atoms with van der Waals surface area (Å²) in [6.07, 6.45) is 4.75. The maximum atomic E-state index is 13.1. The SMILES string of the molecule is CCN1CCC[C@@H]1[C@H]1CCCN1C(=O)[C@H](C)c1c(C)noc1C. The summed E-state index contributed by atoms with van der Waals surface area (Å²) in [6, 6.07) is 0.927. The molecular formula is C18H29N3O2. The van der Waals surface area contributed by atoms with Crippen LogP contribution in [0.25, 0.3) is 0 Å². The number of likely N-dealkylation sites (N-methyl/N-ethyl adjacent to an activating group) is 1. The number of amides is 1. The van der Waals surface area contributed by atoms with Crippen LogP contribution >= 0.6 is 0 Å². The first-order valence-electron chi connectivity index (χ1n) is 9.01. The highest BCUT2D eigenvalue weighted by Crippen LogP contribution is 2.33. The van der Waals surface area contributed by atoms with E-state index < -0.39 is 0 Å². The molecule has 0 N–H and O–H groups in total. The van der Waals surface area contributed by atoms with Crippen LogP contribution in [0, 0.1) is 13.8 Å². The first-order chi connectivity index (χ1) is 11.0. The van der Waals surface area contributed by atoms with Gasteiger partial charge in [0.2, 0.25) is 5.91 Å². The van der Waals surface area contributed by atoms with E-state index in [0.717, 1.165) is 42.9 Å². The Bertz CT molecular complexity index is 549. The molecule has 0 unspecified atom stereocenters. The normalized spacial score (nSPS) is 26.9. The van der Waals surface area contributed by atoms with E-state index in [4.69, 9.17) is 4.52 Å². The molecule has 2 aliphatic heterocycles. The molecule has 128 valence electrons. The van der Waals surface area contributed by atoms with Gasteiger partial charge in [-0.05, 0) is 59.5 Å². The predicted octanol–water partition coefficient (Wildman–Crippen LogP) is 2.87. The number of rotatable bonds is 4. The summed E-state index contributed by atoms with van der Waals surface area (Å²) in [7, 11) is 0. The predicted molar refractivity (Wildman–Crippen MR) is 89.4 cm³/mol. The van der Waals surface area contributed by atoms with Gasteiger partial charge in [0.1, 0.15) is 5.76 Å². The van der Waals surface area contributed by atoms with Crippen LogP contribution in [0.4, 0.5) is 0 Å². The highest BCUT2D eigenvalue weighted by Gasteiger charge is 2.41. The molecule has 1 amide bonds. The molecule has 5 heteroatoms. The monoisotopic (exact) mass is 319 g/mol. The summed E-state index contributed by atoms with van der Waals surface area (Å²) in [6.45, 7) is 11.2. The largest absolute Gasteiger partial charge is 0.361 e. The van der Waals surface area contributed by atoms with Crippen molar-refractivity contribution < 1.29 is 9.32 Å². The third-order valence-electron chi connectivity index (χ3n) is 5.74. The van der Waals surface area contributed by atoms with Gasteiger partial charge in [-0.1, -0.05) is 12.1 Å². The van der Waals surface area contributed by atoms with E-state index in [-0.39, 0.29) is 11.8 Å². The van der Waals surface area contributed by atoms with Crippen molar-refractivity contribution in [1.82, 2.24) is 15.0 Å². The molecule has 3 rings (SSSR count). The van der Waals surface area contributed by atoms with Crippen molar-refractivity contribution in [3.8, 4) is 0 Å². The lowest BCUT2D eigenvalue weighted by Gasteiger charge is -2.35. The van der Waals surface area contributed by atoms with Gasteiger partial charge in [-0.25, -0.2) is 0 Å². The zero-order valence-corrected chi connectivity index (χ0v) is 14.8. The minimum Gasteiger partial charge on any atom is -0.361 e. The fraction of sp³-hybridized carbons (Fsp3) is 0.778. The molecule has 2 aliphatic rings. The van der Waals surface area contributed by atoms with Crippen LogP contribution in [0.5, 0.6) is 0 Å². The Balaban J connectivity index is 1.78. The van der Waals surface area contributed by atoms with Crippen molar-refractivity contribution in [3.05, 3.63) is 17.0 Å². The summed E-state index contributed by atoms with van der Waals surface area (Å²) in [5, 5.41) is 4.01. The van der Waals surface area contributed by atoms with E-state index in [0.29, 0.717) is 12.1 Å². The number of hydrogen-bond acceptors (Lipinski definition) is 4. The van der Waals surface area contributed by atoms with Crippen LogP contribution in [0.2, 0.25) is 0 Å². The van der Waals surface area contributed by atoms with E-state index in [1.54, 1.807) is 0 Å². The highest BCUT2D eigenvalue weighted by molar-refractivity contribution is 5.84. The Morgan fingerprint density at radius 3 is 2.61 bits per heavy atom. The molecule has 3 atom stereocenters. The lowest BCUT2D eigenvalue weighted by Crippen LogP contribution is -2.49. The van der Waals surface area contributed by atoms with Crippen LogP contribution in [0.15, 0.2) is 4.52 Å². The molecule has 0 saturated carbocycles. The third-order valence-corrected chi connectivity index (χ3v) is 5.74. The first kappa shape index (κ1) is 16.5. The average Bonchev–Trinajstić information content (AvgIpc) is 3.25. The Kier molecular flexibility index (Phi) is 4.76. The molecule has 0 bridgehead atoms. The minimum atomic E-state index is -0.168. The van der Waals surface area contributed by atoms with Gasteiger partial charge in [-0.15, -0.1) is 0 Å². The molecule has 0 aliphatic carbocycles. The number of aryl methyl sites for hydroxylation is 2. The van der Waals surface area contributed by atoms with Crippen molar-refractivity contribution >= 4 is 5.91 Å². The Morgan fingerprint density at radius 2 is 1.96 bits per heavy atom. The van der Waals surface area contributed by atoms with Gasteiger partial charge in [0.15, 0.2) is 0 Å². The van der Waals surface area contributed by atoms with Crippen molar-refractivity contribution in [2.24, 2.45) is 0 Å². The van der Waals surface area contributed by atoms with Crippen LogP contribution in [0.1, 0.15) is 62.5 Å². The van der Waals surface area contributed by atoms with Crippen molar-refractivity contribution in [1.29, 1.82) is 0 Å². The summed E-state index contributed by atoms with van der Waals surface area (Å²) >= 11 is 0. The van der Waals surface area contributed by atoms with E-state index in [1.807, 2.05) is 20.8 Å². The standard InChI is InChI=1S/C18H29N3O2/c1-5-20-10-6-8-15(20)16-9-7-11-21(16)18(22)12(2)17-13(3)19-23-14(17)4/h12,15-16H,5-11H2,1-4H3/t12-,15-,16-/m1/s1. The van der Waals surface area contributed by atoms with E-state index in [9.17, 15) is 4.79 Å². The molecule has 23 heavy (non-hydrogen) atoms. The molecule has 0 spiro atoms. The summed E-state index contributed by atoms with van der Waals surface area (Å²) < 4.78 is 5.26. The average molecular weight is 319 g/mol. The lowest BCUT2D eigenvalue weighted by atomic mass is 9.96. The van der Waals surface area contributed by atoms with Gasteiger partial charge in [0.25, 0.3) is 0 Å². The van der Waals surface area contributed by atoms with Gasteiger partial charge in [0, 0.05) is 24.2 Å². The molecule has 0 aromatic carbocycles. The number of likely N-dealkylation sites (tertiary alicyclic amines) is 2. The second-order valence-corrected chi connectivity index (χ2v) is 7.04. The van der Waals surface area contributed by atoms with Gasteiger partial charge in [-0.3, -0.25) is 9.69 Å². The summed E-state index contributed by atoms with van der Waals surface area (Å²) in [5.41, 5.74) is 1.81. The van der Waals surface area contributed by atoms with Gasteiger partial charge < -0.3 is 9.42 Å². The van der Waals surface area contributed by atoms with Crippen molar-refractivity contribution in [3.63, 3.8) is 0 Å². The topological polar surface area (TPSA) is 49.6 Å². The van der Waals surface area contributed by atoms with Crippen LogP contribution in [0.3, 0.4) is 0 Å². The molecule has 5 nitrogen and oxygen atoms in total. The van der Waals surface area contributed by atoms with Gasteiger partial charge >= 0.3 is 0 Å². The number of hydrogen-bond donors (Lipinski definition) is 0. The Hall–Kier alpha value is -1.36. The zero-order chi connectivity index (χ0) is 16.6.